The highest BCUT2D eigenvalue weighted by Gasteiger charge is 2.42. The normalized spacial score (nSPS) is 20.8. The molecule has 9 nitrogen and oxygen atoms in total. The van der Waals surface area contributed by atoms with Crippen molar-refractivity contribution >= 4 is 54.9 Å². The molecule has 1 amide bonds. The minimum atomic E-state index is -4.07. The second-order valence-corrected chi connectivity index (χ2v) is 12.8. The largest absolute Gasteiger partial charge is 0.480 e. The first-order valence-corrected chi connectivity index (χ1v) is 14.0. The topological polar surface area (TPSA) is 119 Å². The van der Waals surface area contributed by atoms with Gasteiger partial charge in [-0.3, -0.25) is 15.4 Å². The average molecular weight is 549 g/mol. The van der Waals surface area contributed by atoms with Crippen molar-refractivity contribution in [3.8, 4) is 0 Å². The van der Waals surface area contributed by atoms with E-state index in [4.69, 9.17) is 11.6 Å². The fourth-order valence-electron chi connectivity index (χ4n) is 4.63. The van der Waals surface area contributed by atoms with E-state index in [-0.39, 0.29) is 23.0 Å². The van der Waals surface area contributed by atoms with Crippen molar-refractivity contribution in [2.75, 3.05) is 26.2 Å². The molecule has 2 saturated heterocycles. The Hall–Kier alpha value is -2.54. The van der Waals surface area contributed by atoms with Gasteiger partial charge in [0.1, 0.15) is 10.3 Å². The number of carbonyl (C=O) groups excluding carboxylic acids is 1. The van der Waals surface area contributed by atoms with Gasteiger partial charge >= 0.3 is 5.97 Å². The number of sulfonamides is 1. The molecule has 5 rings (SSSR count). The van der Waals surface area contributed by atoms with Crippen molar-refractivity contribution in [3.63, 3.8) is 0 Å². The maximum absolute atomic E-state index is 13.3. The molecule has 12 heteroatoms. The molecule has 2 aliphatic rings. The third-order valence-corrected chi connectivity index (χ3v) is 10.3. The molecular formula is C24H25ClN4O5S2. The molecule has 1 aromatic heterocycles. The number of nitrogens with zero attached hydrogens (tertiary/aromatic N) is 2. The van der Waals surface area contributed by atoms with Gasteiger partial charge in [0.05, 0.1) is 12.2 Å². The lowest BCUT2D eigenvalue weighted by Crippen LogP contribution is -2.59. The van der Waals surface area contributed by atoms with Crippen molar-refractivity contribution in [1.82, 2.24) is 19.8 Å². The predicted molar refractivity (Wildman–Crippen MR) is 137 cm³/mol. The van der Waals surface area contributed by atoms with Crippen LogP contribution < -0.4 is 10.6 Å². The number of carboxylic acids is 1. The van der Waals surface area contributed by atoms with Crippen LogP contribution in [0.3, 0.4) is 0 Å². The number of benzene rings is 2. The molecule has 36 heavy (non-hydrogen) atoms. The predicted octanol–water partition coefficient (Wildman–Crippen LogP) is 2.41. The summed E-state index contributed by atoms with van der Waals surface area (Å²) in [6, 6.07) is 12.9. The highest BCUT2D eigenvalue weighted by molar-refractivity contribution is 7.91. The Morgan fingerprint density at radius 3 is 2.53 bits per heavy atom. The Bertz CT molecular complexity index is 1430. The van der Waals surface area contributed by atoms with Crippen molar-refractivity contribution in [2.45, 2.75) is 29.4 Å². The zero-order valence-corrected chi connectivity index (χ0v) is 21.8. The van der Waals surface area contributed by atoms with E-state index in [0.717, 1.165) is 39.9 Å². The van der Waals surface area contributed by atoms with E-state index < -0.39 is 34.5 Å². The Morgan fingerprint density at radius 2 is 1.86 bits per heavy atom. The number of fused-ring (bicyclic) bond motifs is 1. The number of carbonyl (C=O) groups is 2. The SMILES string of the molecule is CC1(c2ccc(CN3C(=O)CN(S(=O)(=O)c4cc5ccc(Cl)cc5s4)C[C@@H]3C(=O)O)cc2)NCCN1. The number of thiophene rings is 1. The third-order valence-electron chi connectivity index (χ3n) is 6.69. The van der Waals surface area contributed by atoms with Gasteiger partial charge in [-0.1, -0.05) is 41.9 Å². The monoisotopic (exact) mass is 548 g/mol. The molecule has 3 N–H and O–H groups in total. The number of hydrogen-bond acceptors (Lipinski definition) is 7. The van der Waals surface area contributed by atoms with E-state index >= 15 is 0 Å². The summed E-state index contributed by atoms with van der Waals surface area (Å²) in [5.74, 6) is -1.81. The van der Waals surface area contributed by atoms with Crippen LogP contribution in [-0.2, 0) is 31.8 Å². The lowest BCUT2D eigenvalue weighted by molar-refractivity contribution is -0.154. The van der Waals surface area contributed by atoms with Crippen LogP contribution in [0.4, 0.5) is 0 Å². The van der Waals surface area contributed by atoms with Crippen LogP contribution >= 0.6 is 22.9 Å². The van der Waals surface area contributed by atoms with E-state index in [9.17, 15) is 23.1 Å². The van der Waals surface area contributed by atoms with Gasteiger partial charge in [-0.05, 0) is 41.6 Å². The number of aliphatic carboxylic acids is 1. The van der Waals surface area contributed by atoms with Crippen LogP contribution in [0.2, 0.25) is 5.02 Å². The summed E-state index contributed by atoms with van der Waals surface area (Å²) in [7, 11) is -4.07. The standard InChI is InChI=1S/C24H25ClN4O5S2/c1-24(26-8-9-27-24)17-5-2-15(3-6-17)12-29-19(23(31)32)13-28(14-21(29)30)36(33,34)22-10-16-4-7-18(25)11-20(16)35-22/h2-7,10-11,19,26-27H,8-9,12-14H2,1H3,(H,31,32)/t19-/m1/s1. The number of carboxylic acid groups (broad SMARTS) is 1. The van der Waals surface area contributed by atoms with Crippen molar-refractivity contribution in [2.24, 2.45) is 0 Å². The van der Waals surface area contributed by atoms with Gasteiger partial charge in [0.25, 0.3) is 10.0 Å². The summed E-state index contributed by atoms with van der Waals surface area (Å²) in [5, 5.41) is 17.9. The number of halogens is 1. The molecule has 2 aliphatic heterocycles. The van der Waals surface area contributed by atoms with Crippen molar-refractivity contribution in [3.05, 3.63) is 64.7 Å². The van der Waals surface area contributed by atoms with Crippen LogP contribution in [0.1, 0.15) is 18.1 Å². The zero-order valence-electron chi connectivity index (χ0n) is 19.4. The number of amides is 1. The smallest absolute Gasteiger partial charge is 0.327 e. The molecule has 190 valence electrons. The fourth-order valence-corrected chi connectivity index (χ4v) is 7.86. The molecule has 1 atom stereocenters. The summed E-state index contributed by atoms with van der Waals surface area (Å²) >= 11 is 7.06. The molecule has 0 radical (unpaired) electrons. The van der Waals surface area contributed by atoms with E-state index in [2.05, 4.69) is 10.6 Å². The molecule has 0 aliphatic carbocycles. The van der Waals surface area contributed by atoms with Gasteiger partial charge < -0.3 is 10.0 Å². The Balaban J connectivity index is 1.36. The molecule has 2 aromatic carbocycles. The summed E-state index contributed by atoms with van der Waals surface area (Å²) in [5.41, 5.74) is 1.46. The van der Waals surface area contributed by atoms with E-state index in [1.54, 1.807) is 18.2 Å². The van der Waals surface area contributed by atoms with Crippen LogP contribution in [0, 0.1) is 0 Å². The lowest BCUT2D eigenvalue weighted by Gasteiger charge is -2.38. The zero-order chi connectivity index (χ0) is 25.7. The first-order valence-electron chi connectivity index (χ1n) is 11.4. The van der Waals surface area contributed by atoms with Crippen LogP contribution in [-0.4, -0.2) is 66.8 Å². The summed E-state index contributed by atoms with van der Waals surface area (Å²) in [6.45, 7) is 3.07. The Morgan fingerprint density at radius 1 is 1.17 bits per heavy atom. The van der Waals surface area contributed by atoms with Gasteiger partial charge in [-0.25, -0.2) is 13.2 Å². The molecule has 0 saturated carbocycles. The number of piperazine rings is 1. The number of rotatable bonds is 6. The van der Waals surface area contributed by atoms with Gasteiger partial charge in [-0.15, -0.1) is 11.3 Å². The van der Waals surface area contributed by atoms with Crippen molar-refractivity contribution < 1.29 is 23.1 Å². The van der Waals surface area contributed by atoms with Crippen LogP contribution in [0.5, 0.6) is 0 Å². The Kier molecular flexibility index (Phi) is 6.56. The molecule has 0 unspecified atom stereocenters. The number of nitrogens with one attached hydrogen (secondary N) is 2. The highest BCUT2D eigenvalue weighted by atomic mass is 35.5. The van der Waals surface area contributed by atoms with E-state index in [1.807, 2.05) is 31.2 Å². The first kappa shape index (κ1) is 25.1. The maximum atomic E-state index is 13.3. The van der Waals surface area contributed by atoms with Crippen molar-refractivity contribution in [1.29, 1.82) is 0 Å². The minimum absolute atomic E-state index is 0.0448. The summed E-state index contributed by atoms with van der Waals surface area (Å²) in [4.78, 5) is 26.4. The highest BCUT2D eigenvalue weighted by Crippen LogP contribution is 2.34. The molecule has 2 fully saturated rings. The molecule has 0 spiro atoms. The first-order chi connectivity index (χ1) is 17.1. The van der Waals surface area contributed by atoms with Gasteiger partial charge in [0, 0.05) is 35.9 Å². The second kappa shape index (κ2) is 9.40. The quantitative estimate of drug-likeness (QED) is 0.433. The summed E-state index contributed by atoms with van der Waals surface area (Å²) in [6.07, 6.45) is 0. The van der Waals surface area contributed by atoms with Gasteiger partial charge in [0.15, 0.2) is 0 Å². The molecule has 3 aromatic rings. The van der Waals surface area contributed by atoms with Gasteiger partial charge in [-0.2, -0.15) is 4.31 Å². The van der Waals surface area contributed by atoms with Gasteiger partial charge in [0.2, 0.25) is 5.91 Å². The van der Waals surface area contributed by atoms with Crippen LogP contribution in [0.15, 0.2) is 52.7 Å². The maximum Gasteiger partial charge on any atom is 0.327 e. The Labute approximate surface area is 217 Å². The molecular weight excluding hydrogens is 524 g/mol. The average Bonchev–Trinajstić information content (AvgIpc) is 3.47. The molecule has 3 heterocycles. The minimum Gasteiger partial charge on any atom is -0.480 e. The fraction of sp³-hybridized carbons (Fsp3) is 0.333. The second-order valence-electron chi connectivity index (χ2n) is 9.10. The lowest BCUT2D eigenvalue weighted by atomic mass is 10.0. The van der Waals surface area contributed by atoms with E-state index in [0.29, 0.717) is 15.1 Å². The summed E-state index contributed by atoms with van der Waals surface area (Å²) < 4.78 is 28.4. The molecule has 0 bridgehead atoms. The van der Waals surface area contributed by atoms with E-state index in [1.165, 1.54) is 11.0 Å². The third kappa shape index (κ3) is 4.62. The van der Waals surface area contributed by atoms with Crippen LogP contribution in [0.25, 0.3) is 10.1 Å². The number of hydrogen-bond donors (Lipinski definition) is 3.